The van der Waals surface area contributed by atoms with Gasteiger partial charge in [-0.1, -0.05) is 42.5 Å². The summed E-state index contributed by atoms with van der Waals surface area (Å²) >= 11 is 0. The molecule has 0 aliphatic heterocycles. The first-order chi connectivity index (χ1) is 21.0. The van der Waals surface area contributed by atoms with Gasteiger partial charge in [-0.3, -0.25) is 9.69 Å². The van der Waals surface area contributed by atoms with E-state index in [2.05, 4.69) is 10.6 Å². The Morgan fingerprint density at radius 2 is 1.61 bits per heavy atom. The summed E-state index contributed by atoms with van der Waals surface area (Å²) in [5.41, 5.74) is 2.91. The Kier molecular flexibility index (Phi) is 11.7. The normalized spacial score (nSPS) is 22.1. The molecule has 240 valence electrons. The molecule has 0 radical (unpaired) electrons. The Morgan fingerprint density at radius 1 is 0.932 bits per heavy atom. The number of anilines is 1. The largest absolute Gasteiger partial charge is 0.465 e. The molecular formula is C35H49N3O6. The summed E-state index contributed by atoms with van der Waals surface area (Å²) in [5.74, 6) is 0.435. The molecule has 9 heteroatoms. The molecule has 2 aromatic carbocycles. The summed E-state index contributed by atoms with van der Waals surface area (Å²) < 4.78 is 5.41. The van der Waals surface area contributed by atoms with E-state index >= 15 is 0 Å². The molecule has 0 saturated heterocycles. The topological polar surface area (TPSA) is 128 Å². The van der Waals surface area contributed by atoms with Crippen molar-refractivity contribution < 1.29 is 29.3 Å². The van der Waals surface area contributed by atoms with Crippen LogP contribution in [0.4, 0.5) is 15.3 Å². The van der Waals surface area contributed by atoms with E-state index in [-0.39, 0.29) is 30.5 Å². The number of aliphatic hydroxyl groups is 1. The lowest BCUT2D eigenvalue weighted by atomic mass is 9.82. The van der Waals surface area contributed by atoms with Gasteiger partial charge < -0.3 is 25.6 Å². The number of amides is 3. The van der Waals surface area contributed by atoms with E-state index in [1.807, 2.05) is 69.3 Å². The van der Waals surface area contributed by atoms with Crippen LogP contribution in [0.15, 0.2) is 48.5 Å². The first kappa shape index (κ1) is 33.3. The predicted molar refractivity (Wildman–Crippen MR) is 172 cm³/mol. The van der Waals surface area contributed by atoms with Gasteiger partial charge in [0, 0.05) is 36.7 Å². The quantitative estimate of drug-likeness (QED) is 0.228. The third kappa shape index (κ3) is 9.45. The van der Waals surface area contributed by atoms with Gasteiger partial charge in [-0.15, -0.1) is 0 Å². The fraction of sp³-hybridized carbons (Fsp3) is 0.571. The Bertz CT molecular complexity index is 1240. The Hall–Kier alpha value is -3.59. The molecule has 9 nitrogen and oxygen atoms in total. The van der Waals surface area contributed by atoms with Crippen LogP contribution < -0.4 is 15.5 Å². The highest BCUT2D eigenvalue weighted by Crippen LogP contribution is 2.37. The lowest BCUT2D eigenvalue weighted by Gasteiger charge is -2.36. The van der Waals surface area contributed by atoms with E-state index in [9.17, 15) is 24.6 Å². The van der Waals surface area contributed by atoms with Crippen molar-refractivity contribution in [2.75, 3.05) is 18.1 Å². The molecule has 0 unspecified atom stereocenters. The first-order valence-electron chi connectivity index (χ1n) is 16.1. The lowest BCUT2D eigenvalue weighted by molar-refractivity contribution is -0.126. The third-order valence-electron chi connectivity index (χ3n) is 8.81. The van der Waals surface area contributed by atoms with Crippen molar-refractivity contribution in [2.24, 2.45) is 11.8 Å². The summed E-state index contributed by atoms with van der Waals surface area (Å²) in [6.45, 7) is 6.24. The molecule has 0 atom stereocenters. The average molecular weight is 608 g/mol. The number of hydrogen-bond donors (Lipinski definition) is 4. The SMILES string of the molecule is CC(C)(C)OC(=O)N[C@H]1CC[C@H](N(C(=O)O)c2cc(CCCNC(=O)[C@H]3CC[C@H](CO)CC3)ccc2-c2ccccc2)CC1. The number of benzene rings is 2. The second-order valence-electron chi connectivity index (χ2n) is 13.3. The van der Waals surface area contributed by atoms with Gasteiger partial charge in [0.05, 0.1) is 5.69 Å². The van der Waals surface area contributed by atoms with Crippen LogP contribution >= 0.6 is 0 Å². The highest BCUT2D eigenvalue weighted by Gasteiger charge is 2.33. The van der Waals surface area contributed by atoms with Crippen LogP contribution in [0.1, 0.15) is 84.1 Å². The molecule has 0 bridgehead atoms. The zero-order valence-electron chi connectivity index (χ0n) is 26.4. The van der Waals surface area contributed by atoms with E-state index < -0.39 is 17.8 Å². The number of nitrogens with zero attached hydrogens (tertiary/aromatic N) is 1. The second-order valence-corrected chi connectivity index (χ2v) is 13.3. The monoisotopic (exact) mass is 607 g/mol. The molecule has 3 amide bonds. The van der Waals surface area contributed by atoms with Crippen molar-refractivity contribution in [2.45, 2.75) is 103 Å². The summed E-state index contributed by atoms with van der Waals surface area (Å²) in [7, 11) is 0. The number of ether oxygens (including phenoxy) is 1. The zero-order valence-corrected chi connectivity index (χ0v) is 26.4. The van der Waals surface area contributed by atoms with Crippen LogP contribution in [0.2, 0.25) is 0 Å². The molecule has 2 aromatic rings. The van der Waals surface area contributed by atoms with Crippen molar-refractivity contribution in [3.8, 4) is 11.1 Å². The van der Waals surface area contributed by atoms with Gasteiger partial charge >= 0.3 is 12.2 Å². The number of carboxylic acid groups (broad SMARTS) is 1. The molecule has 4 N–H and O–H groups in total. The van der Waals surface area contributed by atoms with Crippen molar-refractivity contribution in [1.29, 1.82) is 0 Å². The fourth-order valence-electron chi connectivity index (χ4n) is 6.46. The lowest BCUT2D eigenvalue weighted by Crippen LogP contribution is -2.47. The van der Waals surface area contributed by atoms with Crippen LogP contribution in [0.25, 0.3) is 11.1 Å². The average Bonchev–Trinajstić information content (AvgIpc) is 2.99. The Morgan fingerprint density at radius 3 is 2.23 bits per heavy atom. The number of carbonyl (C=O) groups is 3. The predicted octanol–water partition coefficient (Wildman–Crippen LogP) is 6.52. The molecule has 2 fully saturated rings. The molecule has 0 aromatic heterocycles. The van der Waals surface area contributed by atoms with Crippen LogP contribution in [0.5, 0.6) is 0 Å². The van der Waals surface area contributed by atoms with Gasteiger partial charge in [-0.05, 0) is 108 Å². The minimum atomic E-state index is -0.994. The van der Waals surface area contributed by atoms with Crippen molar-refractivity contribution in [1.82, 2.24) is 10.6 Å². The summed E-state index contributed by atoms with van der Waals surface area (Å²) in [4.78, 5) is 39.3. The number of alkyl carbamates (subject to hydrolysis) is 1. The van der Waals surface area contributed by atoms with Crippen LogP contribution in [-0.4, -0.2) is 59.1 Å². The number of hydrogen-bond acceptors (Lipinski definition) is 5. The Balaban J connectivity index is 1.42. The molecule has 2 aliphatic rings. The third-order valence-corrected chi connectivity index (χ3v) is 8.81. The van der Waals surface area contributed by atoms with Gasteiger partial charge in [-0.25, -0.2) is 9.59 Å². The highest BCUT2D eigenvalue weighted by molar-refractivity contribution is 5.93. The molecular weight excluding hydrogens is 558 g/mol. The smallest absolute Gasteiger partial charge is 0.412 e. The minimum absolute atomic E-state index is 0.0214. The maximum absolute atomic E-state index is 12.8. The van der Waals surface area contributed by atoms with Crippen LogP contribution in [0, 0.1) is 11.8 Å². The van der Waals surface area contributed by atoms with E-state index in [4.69, 9.17) is 4.74 Å². The van der Waals surface area contributed by atoms with Crippen LogP contribution in [-0.2, 0) is 16.0 Å². The van der Waals surface area contributed by atoms with E-state index in [0.29, 0.717) is 50.3 Å². The fourth-order valence-corrected chi connectivity index (χ4v) is 6.46. The standard InChI is InChI=1S/C35H49N3O6/c1-35(2,3)44-33(41)37-28-16-18-29(19-17-28)38(34(42)43)31-22-24(13-20-30(31)26-9-5-4-6-10-26)8-7-21-36-32(40)27-14-11-25(23-39)12-15-27/h4-6,9-10,13,20,22,25,27-29,39H,7-8,11-12,14-19,21,23H2,1-3H3,(H,36,40)(H,37,41)(H,42,43)/t25-,27-,28-,29-. The van der Waals surface area contributed by atoms with Crippen molar-refractivity contribution in [3.05, 3.63) is 54.1 Å². The molecule has 2 saturated carbocycles. The number of aliphatic hydroxyl groups excluding tert-OH is 1. The van der Waals surface area contributed by atoms with Gasteiger partial charge in [-0.2, -0.15) is 0 Å². The summed E-state index contributed by atoms with van der Waals surface area (Å²) in [6.07, 6.45) is 6.03. The summed E-state index contributed by atoms with van der Waals surface area (Å²) in [6, 6.07) is 15.6. The van der Waals surface area contributed by atoms with E-state index in [1.54, 1.807) is 0 Å². The molecule has 2 aliphatic carbocycles. The van der Waals surface area contributed by atoms with Crippen molar-refractivity contribution >= 4 is 23.8 Å². The van der Waals surface area contributed by atoms with Gasteiger partial charge in [0.1, 0.15) is 5.60 Å². The van der Waals surface area contributed by atoms with Crippen molar-refractivity contribution in [3.63, 3.8) is 0 Å². The Labute approximate surface area is 261 Å². The van der Waals surface area contributed by atoms with Gasteiger partial charge in [0.15, 0.2) is 0 Å². The molecule has 0 spiro atoms. The second kappa shape index (κ2) is 15.4. The van der Waals surface area contributed by atoms with Crippen LogP contribution in [0.3, 0.4) is 0 Å². The van der Waals surface area contributed by atoms with Gasteiger partial charge in [0.25, 0.3) is 0 Å². The number of rotatable bonds is 10. The van der Waals surface area contributed by atoms with E-state index in [0.717, 1.165) is 48.8 Å². The number of carbonyl (C=O) groups excluding carboxylic acids is 2. The zero-order chi connectivity index (χ0) is 31.7. The number of aryl methyl sites for hydroxylation is 1. The number of nitrogens with one attached hydrogen (secondary N) is 2. The molecule has 0 heterocycles. The first-order valence-corrected chi connectivity index (χ1v) is 16.1. The molecule has 4 rings (SSSR count). The maximum Gasteiger partial charge on any atom is 0.412 e. The molecule has 44 heavy (non-hydrogen) atoms. The maximum atomic E-state index is 12.8. The summed E-state index contributed by atoms with van der Waals surface area (Å²) in [5, 5.41) is 25.9. The highest BCUT2D eigenvalue weighted by atomic mass is 16.6. The van der Waals surface area contributed by atoms with Gasteiger partial charge in [0.2, 0.25) is 5.91 Å². The minimum Gasteiger partial charge on any atom is -0.465 e. The van der Waals surface area contributed by atoms with E-state index in [1.165, 1.54) is 4.90 Å².